The molecule has 0 bridgehead atoms. The fourth-order valence-electron chi connectivity index (χ4n) is 0.406. The first-order valence-electron chi connectivity index (χ1n) is 2.16. The molecule has 0 nitrogen and oxygen atoms in total. The van der Waals surface area contributed by atoms with E-state index in [2.05, 4.69) is 12.5 Å². The lowest BCUT2D eigenvalue weighted by Gasteiger charge is -1.97. The molecule has 8 heavy (non-hydrogen) atoms. The van der Waals surface area contributed by atoms with Crippen LogP contribution in [0.1, 0.15) is 6.42 Å². The van der Waals surface area contributed by atoms with Crippen LogP contribution in [0.15, 0.2) is 17.7 Å². The Kier molecular flexibility index (Phi) is 1.42. The highest BCUT2D eigenvalue weighted by atomic mass is 19.1. The zero-order chi connectivity index (χ0) is 5.98. The molecule has 0 aromatic heterocycles. The predicted octanol–water partition coefficient (Wildman–Crippen LogP) is 1.98. The molecule has 0 saturated carbocycles. The first-order chi connectivity index (χ1) is 3.79. The monoisotopic (exact) mass is 113 g/mol. The molecular weight excluding hydrogens is 110 g/mol. The molecule has 0 atom stereocenters. The lowest BCUT2D eigenvalue weighted by atomic mass is 10.2. The Morgan fingerprint density at radius 2 is 2.25 bits per heavy atom. The molecule has 41 valence electrons. The first-order valence-corrected chi connectivity index (χ1v) is 2.16. The van der Waals surface area contributed by atoms with Gasteiger partial charge in [0.25, 0.3) is 0 Å². The van der Waals surface area contributed by atoms with Crippen molar-refractivity contribution in [3.63, 3.8) is 0 Å². The highest BCUT2D eigenvalue weighted by molar-refractivity contribution is 5.19. The zero-order valence-electron chi connectivity index (χ0n) is 4.04. The zero-order valence-corrected chi connectivity index (χ0v) is 4.04. The average molecular weight is 113 g/mol. The van der Waals surface area contributed by atoms with E-state index in [0.717, 1.165) is 6.08 Å². The quantitative estimate of drug-likeness (QED) is 0.450. The van der Waals surface area contributed by atoms with Crippen LogP contribution >= 0.6 is 0 Å². The summed E-state index contributed by atoms with van der Waals surface area (Å²) in [6.07, 6.45) is 5.08. The fourth-order valence-corrected chi connectivity index (χ4v) is 0.406. The maximum absolute atomic E-state index is 11.9. The molecule has 1 rings (SSSR count). The topological polar surface area (TPSA) is 0 Å². The van der Waals surface area contributed by atoms with E-state index in [4.69, 9.17) is 0 Å². The van der Waals surface area contributed by atoms with Gasteiger partial charge in [0.15, 0.2) is 0 Å². The summed E-state index contributed by atoms with van der Waals surface area (Å²) in [5.74, 6) is -1.00. The van der Waals surface area contributed by atoms with Gasteiger partial charge < -0.3 is 0 Å². The summed E-state index contributed by atoms with van der Waals surface area (Å²) in [5.41, 5.74) is 0. The molecule has 0 aliphatic heterocycles. The Balaban J connectivity index is 2.65. The third kappa shape index (κ3) is 1.15. The van der Waals surface area contributed by atoms with Crippen molar-refractivity contribution in [1.29, 1.82) is 0 Å². The minimum atomic E-state index is -0.536. The van der Waals surface area contributed by atoms with Gasteiger partial charge in [-0.3, -0.25) is 0 Å². The Hall–Kier alpha value is -0.660. The molecular formula is C6H3F2. The molecule has 0 fully saturated rings. The Bertz CT molecular complexity index is 127. The van der Waals surface area contributed by atoms with Gasteiger partial charge >= 0.3 is 0 Å². The van der Waals surface area contributed by atoms with E-state index in [0.29, 0.717) is 0 Å². The summed E-state index contributed by atoms with van der Waals surface area (Å²) in [6, 6.07) is 0. The van der Waals surface area contributed by atoms with E-state index in [9.17, 15) is 8.78 Å². The summed E-state index contributed by atoms with van der Waals surface area (Å²) >= 11 is 0. The van der Waals surface area contributed by atoms with Crippen LogP contribution in [0.25, 0.3) is 0 Å². The predicted molar refractivity (Wildman–Crippen MR) is 24.9 cm³/mol. The van der Waals surface area contributed by atoms with Crippen LogP contribution in [0.2, 0.25) is 0 Å². The van der Waals surface area contributed by atoms with E-state index < -0.39 is 11.7 Å². The molecule has 0 N–H and O–H groups in total. The molecule has 2 heteroatoms. The van der Waals surface area contributed by atoms with Gasteiger partial charge in [-0.2, -0.15) is 0 Å². The summed E-state index contributed by atoms with van der Waals surface area (Å²) < 4.78 is 23.8. The summed E-state index contributed by atoms with van der Waals surface area (Å²) in [6.45, 7) is 0. The highest BCUT2D eigenvalue weighted by Crippen LogP contribution is 2.17. The van der Waals surface area contributed by atoms with Crippen molar-refractivity contribution in [3.05, 3.63) is 30.2 Å². The first kappa shape index (κ1) is 5.48. The summed E-state index contributed by atoms with van der Waals surface area (Å²) in [7, 11) is 0. The van der Waals surface area contributed by atoms with Crippen molar-refractivity contribution in [2.75, 3.05) is 0 Å². The number of halogens is 2. The Labute approximate surface area is 46.5 Å². The van der Waals surface area contributed by atoms with Gasteiger partial charge in [0.1, 0.15) is 11.7 Å². The van der Waals surface area contributed by atoms with Crippen LogP contribution in [0.5, 0.6) is 0 Å². The van der Waals surface area contributed by atoms with Crippen LogP contribution in [-0.4, -0.2) is 0 Å². The van der Waals surface area contributed by atoms with Crippen LogP contribution in [0.3, 0.4) is 0 Å². The van der Waals surface area contributed by atoms with Crippen molar-refractivity contribution < 1.29 is 8.78 Å². The van der Waals surface area contributed by atoms with Crippen LogP contribution in [0, 0.1) is 12.5 Å². The Morgan fingerprint density at radius 3 is 2.62 bits per heavy atom. The molecule has 0 unspecified atom stereocenters. The molecule has 0 spiro atoms. The molecule has 3 radical (unpaired) electrons. The third-order valence-electron chi connectivity index (χ3n) is 0.768. The van der Waals surface area contributed by atoms with Gasteiger partial charge in [-0.15, -0.1) is 0 Å². The number of hydrogen-bond acceptors (Lipinski definition) is 0. The lowest BCUT2D eigenvalue weighted by molar-refractivity contribution is 0.570. The van der Waals surface area contributed by atoms with Crippen LogP contribution < -0.4 is 0 Å². The Morgan fingerprint density at radius 1 is 1.50 bits per heavy atom. The second kappa shape index (κ2) is 2.07. The van der Waals surface area contributed by atoms with Crippen molar-refractivity contribution in [2.45, 2.75) is 6.42 Å². The highest BCUT2D eigenvalue weighted by Gasteiger charge is 2.04. The summed E-state index contributed by atoms with van der Waals surface area (Å²) in [5, 5.41) is 0. The molecule has 0 aromatic rings. The number of hydrogen-bond donors (Lipinski definition) is 0. The van der Waals surface area contributed by atoms with E-state index >= 15 is 0 Å². The van der Waals surface area contributed by atoms with E-state index in [1.807, 2.05) is 0 Å². The molecule has 0 heterocycles. The van der Waals surface area contributed by atoms with Gasteiger partial charge in [-0.05, 0) is 6.08 Å². The minimum Gasteiger partial charge on any atom is -0.211 e. The molecule has 0 aromatic carbocycles. The molecule has 0 amide bonds. The average Bonchev–Trinajstić information content (AvgIpc) is 1.77. The minimum absolute atomic E-state index is 0.0810. The SMILES string of the molecule is FC1=[C]C=C(F)[C]C1. The van der Waals surface area contributed by atoms with E-state index in [1.54, 1.807) is 0 Å². The maximum Gasteiger partial charge on any atom is 0.109 e. The maximum atomic E-state index is 11.9. The van der Waals surface area contributed by atoms with Gasteiger partial charge in [0, 0.05) is 12.5 Å². The van der Waals surface area contributed by atoms with Gasteiger partial charge in [-0.25, -0.2) is 8.78 Å². The molecule has 1 aliphatic carbocycles. The fraction of sp³-hybridized carbons (Fsp3) is 0.167. The van der Waals surface area contributed by atoms with Crippen molar-refractivity contribution >= 4 is 0 Å². The van der Waals surface area contributed by atoms with Crippen molar-refractivity contribution in [3.8, 4) is 0 Å². The van der Waals surface area contributed by atoms with Crippen molar-refractivity contribution in [2.24, 2.45) is 0 Å². The van der Waals surface area contributed by atoms with E-state index in [-0.39, 0.29) is 6.42 Å². The van der Waals surface area contributed by atoms with E-state index in [1.165, 1.54) is 0 Å². The summed E-state index contributed by atoms with van der Waals surface area (Å²) in [4.78, 5) is 0. The smallest absolute Gasteiger partial charge is 0.109 e. The van der Waals surface area contributed by atoms with Crippen LogP contribution in [-0.2, 0) is 0 Å². The standard InChI is InChI=1S/C6H3F2/c7-5-1-2-6(8)4-3-5/h1H,4H2. The van der Waals surface area contributed by atoms with Gasteiger partial charge in [0.05, 0.1) is 6.42 Å². The van der Waals surface area contributed by atoms with Gasteiger partial charge in [0.2, 0.25) is 0 Å². The second-order valence-corrected chi connectivity index (χ2v) is 1.40. The van der Waals surface area contributed by atoms with Crippen molar-refractivity contribution in [1.82, 2.24) is 0 Å². The second-order valence-electron chi connectivity index (χ2n) is 1.40. The largest absolute Gasteiger partial charge is 0.211 e. The third-order valence-corrected chi connectivity index (χ3v) is 0.768. The number of allylic oxidation sites excluding steroid dienone is 4. The number of rotatable bonds is 0. The molecule has 1 aliphatic rings. The lowest BCUT2D eigenvalue weighted by Crippen LogP contribution is -1.85. The van der Waals surface area contributed by atoms with Crippen LogP contribution in [0.4, 0.5) is 8.78 Å². The molecule has 0 saturated heterocycles. The normalized spacial score (nSPS) is 19.8. The van der Waals surface area contributed by atoms with Gasteiger partial charge in [-0.1, -0.05) is 0 Å².